The number of ether oxygens (including phenoxy) is 1. The Morgan fingerprint density at radius 1 is 1.03 bits per heavy atom. The Hall–Kier alpha value is -3.43. The molecular formula is C25H23F3N2O4. The van der Waals surface area contributed by atoms with Crippen molar-refractivity contribution in [3.05, 3.63) is 89.2 Å². The molecule has 1 aliphatic rings. The van der Waals surface area contributed by atoms with Crippen molar-refractivity contribution in [1.29, 1.82) is 0 Å². The number of carbonyl (C=O) groups excluding carboxylic acids is 1. The SMILES string of the molecule is O=C(NCCC(O)C(O)c1cncc(C(F)(F)F)c1)OCC1c2ccccc2-c2ccccc21. The molecule has 0 radical (unpaired) electrons. The van der Waals surface area contributed by atoms with Crippen LogP contribution in [0.3, 0.4) is 0 Å². The number of carbonyl (C=O) groups is 1. The molecule has 178 valence electrons. The molecule has 9 heteroatoms. The summed E-state index contributed by atoms with van der Waals surface area (Å²) in [6.45, 7) is 0.0855. The number of aliphatic hydroxyl groups is 2. The van der Waals surface area contributed by atoms with E-state index in [1.54, 1.807) is 0 Å². The third-order valence-electron chi connectivity index (χ3n) is 5.85. The highest BCUT2D eigenvalue weighted by atomic mass is 19.4. The van der Waals surface area contributed by atoms with Gasteiger partial charge in [-0.25, -0.2) is 4.79 Å². The second kappa shape index (κ2) is 9.82. The molecule has 1 heterocycles. The van der Waals surface area contributed by atoms with Gasteiger partial charge in [-0.05, 0) is 34.7 Å². The van der Waals surface area contributed by atoms with Gasteiger partial charge in [0.25, 0.3) is 0 Å². The van der Waals surface area contributed by atoms with E-state index in [1.807, 2.05) is 48.5 Å². The molecular weight excluding hydrogens is 449 g/mol. The van der Waals surface area contributed by atoms with E-state index in [4.69, 9.17) is 4.74 Å². The van der Waals surface area contributed by atoms with Crippen LogP contribution >= 0.6 is 0 Å². The molecule has 6 nitrogen and oxygen atoms in total. The largest absolute Gasteiger partial charge is 0.449 e. The number of amides is 1. The van der Waals surface area contributed by atoms with Gasteiger partial charge in [0.05, 0.1) is 11.7 Å². The van der Waals surface area contributed by atoms with Crippen molar-refractivity contribution in [1.82, 2.24) is 10.3 Å². The first-order chi connectivity index (χ1) is 16.3. The van der Waals surface area contributed by atoms with Crippen LogP contribution in [0.15, 0.2) is 67.0 Å². The van der Waals surface area contributed by atoms with Gasteiger partial charge >= 0.3 is 12.3 Å². The maximum absolute atomic E-state index is 12.8. The van der Waals surface area contributed by atoms with E-state index in [0.717, 1.165) is 34.5 Å². The predicted molar refractivity (Wildman–Crippen MR) is 118 cm³/mol. The van der Waals surface area contributed by atoms with Crippen LogP contribution in [-0.4, -0.2) is 40.5 Å². The first-order valence-electron chi connectivity index (χ1n) is 10.7. The molecule has 0 aliphatic heterocycles. The summed E-state index contributed by atoms with van der Waals surface area (Å²) in [5.74, 6) is -0.0982. The quantitative estimate of drug-likeness (QED) is 0.474. The van der Waals surface area contributed by atoms with E-state index in [-0.39, 0.29) is 31.1 Å². The van der Waals surface area contributed by atoms with Gasteiger partial charge in [0.2, 0.25) is 0 Å². The molecule has 34 heavy (non-hydrogen) atoms. The Morgan fingerprint density at radius 3 is 2.26 bits per heavy atom. The number of nitrogens with one attached hydrogen (secondary N) is 1. The lowest BCUT2D eigenvalue weighted by molar-refractivity contribution is -0.138. The van der Waals surface area contributed by atoms with Gasteiger partial charge in [0, 0.05) is 30.4 Å². The first-order valence-corrected chi connectivity index (χ1v) is 10.7. The Morgan fingerprint density at radius 2 is 1.65 bits per heavy atom. The summed E-state index contributed by atoms with van der Waals surface area (Å²) in [5, 5.41) is 22.8. The maximum atomic E-state index is 12.8. The zero-order valence-corrected chi connectivity index (χ0v) is 18.0. The number of alkyl halides is 3. The van der Waals surface area contributed by atoms with Gasteiger partial charge in [0.15, 0.2) is 0 Å². The molecule has 3 N–H and O–H groups in total. The minimum absolute atomic E-state index is 0.0404. The van der Waals surface area contributed by atoms with Crippen LogP contribution in [0.4, 0.5) is 18.0 Å². The monoisotopic (exact) mass is 472 g/mol. The molecule has 0 spiro atoms. The van der Waals surface area contributed by atoms with Crippen LogP contribution in [0.2, 0.25) is 0 Å². The third kappa shape index (κ3) is 5.05. The Kier molecular flexibility index (Phi) is 6.85. The van der Waals surface area contributed by atoms with Crippen molar-refractivity contribution < 1.29 is 32.9 Å². The first kappa shape index (κ1) is 23.7. The third-order valence-corrected chi connectivity index (χ3v) is 5.85. The van der Waals surface area contributed by atoms with Gasteiger partial charge in [-0.3, -0.25) is 4.98 Å². The lowest BCUT2D eigenvalue weighted by atomic mass is 9.98. The fourth-order valence-corrected chi connectivity index (χ4v) is 4.13. The Labute approximate surface area is 194 Å². The van der Waals surface area contributed by atoms with E-state index in [2.05, 4.69) is 10.3 Å². The van der Waals surface area contributed by atoms with E-state index >= 15 is 0 Å². The summed E-state index contributed by atoms with van der Waals surface area (Å²) in [6, 6.07) is 16.6. The fraction of sp³-hybridized carbons (Fsp3) is 0.280. The van der Waals surface area contributed by atoms with E-state index in [9.17, 15) is 28.2 Å². The molecule has 0 saturated heterocycles. The van der Waals surface area contributed by atoms with Crippen LogP contribution in [0, 0.1) is 0 Å². The van der Waals surface area contributed by atoms with Crippen molar-refractivity contribution in [2.75, 3.05) is 13.2 Å². The molecule has 1 aliphatic carbocycles. The van der Waals surface area contributed by atoms with Crippen LogP contribution in [0.25, 0.3) is 11.1 Å². The average molecular weight is 472 g/mol. The summed E-state index contributed by atoms with van der Waals surface area (Å²) in [7, 11) is 0. The molecule has 4 rings (SSSR count). The number of hydrogen-bond donors (Lipinski definition) is 3. The molecule has 2 unspecified atom stereocenters. The van der Waals surface area contributed by atoms with Crippen LogP contribution in [0.5, 0.6) is 0 Å². The van der Waals surface area contributed by atoms with Gasteiger partial charge in [-0.1, -0.05) is 48.5 Å². The summed E-state index contributed by atoms with van der Waals surface area (Å²) < 4.78 is 43.9. The van der Waals surface area contributed by atoms with E-state index in [1.165, 1.54) is 0 Å². The minimum Gasteiger partial charge on any atom is -0.449 e. The number of nitrogens with zero attached hydrogens (tertiary/aromatic N) is 1. The van der Waals surface area contributed by atoms with Crippen molar-refractivity contribution in [2.45, 2.75) is 30.7 Å². The van der Waals surface area contributed by atoms with Crippen LogP contribution in [-0.2, 0) is 10.9 Å². The maximum Gasteiger partial charge on any atom is 0.417 e. The topological polar surface area (TPSA) is 91.7 Å². The number of pyridine rings is 1. The summed E-state index contributed by atoms with van der Waals surface area (Å²) >= 11 is 0. The molecule has 2 aromatic carbocycles. The number of hydrogen-bond acceptors (Lipinski definition) is 5. The molecule has 1 amide bonds. The summed E-state index contributed by atoms with van der Waals surface area (Å²) in [4.78, 5) is 15.7. The second-order valence-electron chi connectivity index (χ2n) is 8.06. The smallest absolute Gasteiger partial charge is 0.417 e. The zero-order valence-electron chi connectivity index (χ0n) is 18.0. The van der Waals surface area contributed by atoms with Crippen molar-refractivity contribution in [3.63, 3.8) is 0 Å². The molecule has 3 aromatic rings. The number of benzene rings is 2. The van der Waals surface area contributed by atoms with Gasteiger partial charge < -0.3 is 20.3 Å². The molecule has 1 aromatic heterocycles. The molecule has 0 saturated carbocycles. The highest BCUT2D eigenvalue weighted by Gasteiger charge is 2.32. The van der Waals surface area contributed by atoms with E-state index < -0.39 is 30.0 Å². The van der Waals surface area contributed by atoms with Gasteiger partial charge in [-0.15, -0.1) is 0 Å². The Balaban J connectivity index is 1.28. The average Bonchev–Trinajstić information content (AvgIpc) is 3.15. The number of fused-ring (bicyclic) bond motifs is 3. The molecule has 0 fully saturated rings. The number of rotatable bonds is 7. The fourth-order valence-electron chi connectivity index (χ4n) is 4.13. The number of aromatic nitrogens is 1. The van der Waals surface area contributed by atoms with Crippen molar-refractivity contribution in [2.24, 2.45) is 0 Å². The van der Waals surface area contributed by atoms with Gasteiger partial charge in [-0.2, -0.15) is 13.2 Å². The molecule has 0 bridgehead atoms. The lowest BCUT2D eigenvalue weighted by Crippen LogP contribution is -2.30. The van der Waals surface area contributed by atoms with Crippen LogP contribution in [0.1, 0.15) is 40.7 Å². The molecule has 2 atom stereocenters. The highest BCUT2D eigenvalue weighted by Crippen LogP contribution is 2.44. The summed E-state index contributed by atoms with van der Waals surface area (Å²) in [5.41, 5.74) is 3.17. The predicted octanol–water partition coefficient (Wildman–Crippen LogP) is 4.42. The number of aliphatic hydroxyl groups excluding tert-OH is 2. The van der Waals surface area contributed by atoms with Crippen molar-refractivity contribution >= 4 is 6.09 Å². The zero-order chi connectivity index (χ0) is 24.3. The lowest BCUT2D eigenvalue weighted by Gasteiger charge is -2.19. The minimum atomic E-state index is -4.61. The van der Waals surface area contributed by atoms with Crippen LogP contribution < -0.4 is 5.32 Å². The highest BCUT2D eigenvalue weighted by molar-refractivity contribution is 5.79. The summed E-state index contributed by atoms with van der Waals surface area (Å²) in [6.07, 6.45) is -6.69. The van der Waals surface area contributed by atoms with Gasteiger partial charge in [0.1, 0.15) is 12.7 Å². The second-order valence-corrected chi connectivity index (χ2v) is 8.06. The number of alkyl carbamates (subject to hydrolysis) is 1. The van der Waals surface area contributed by atoms with E-state index in [0.29, 0.717) is 6.20 Å². The Bertz CT molecular complexity index is 1120. The standard InChI is InChI=1S/C25H23F3N2O4/c26-25(27,28)16-11-15(12-29-13-16)23(32)22(31)9-10-30-24(33)34-14-21-19-7-3-1-5-17(19)18-6-2-4-8-20(18)21/h1-8,11-13,21-23,31-32H,9-10,14H2,(H,30,33). The normalized spacial score (nSPS) is 14.7. The number of halogens is 3. The van der Waals surface area contributed by atoms with Crippen molar-refractivity contribution in [3.8, 4) is 11.1 Å².